The van der Waals surface area contributed by atoms with Gasteiger partial charge in [-0.15, -0.1) is 0 Å². The topological polar surface area (TPSA) is 35.5 Å². The van der Waals surface area contributed by atoms with Gasteiger partial charge in [-0.25, -0.2) is 4.79 Å². The highest BCUT2D eigenvalue weighted by Crippen LogP contribution is 2.33. The summed E-state index contributed by atoms with van der Waals surface area (Å²) in [6, 6.07) is 3.85. The van der Waals surface area contributed by atoms with Crippen molar-refractivity contribution in [3.8, 4) is 0 Å². The van der Waals surface area contributed by atoms with E-state index in [2.05, 4.69) is 0 Å². The van der Waals surface area contributed by atoms with Crippen LogP contribution in [0.5, 0.6) is 0 Å². The minimum atomic E-state index is -0.188. The van der Waals surface area contributed by atoms with Crippen molar-refractivity contribution in [2.45, 2.75) is 26.1 Å². The fraction of sp³-hybridized carbons (Fsp3) is 0.417. The second-order valence-corrected chi connectivity index (χ2v) is 4.00. The molecule has 0 aliphatic carbocycles. The lowest BCUT2D eigenvalue weighted by Gasteiger charge is -2.24. The van der Waals surface area contributed by atoms with E-state index in [1.807, 2.05) is 19.1 Å². The van der Waals surface area contributed by atoms with Gasteiger partial charge in [0.2, 0.25) is 0 Å². The quantitative estimate of drug-likeness (QED) is 0.606. The Morgan fingerprint density at radius 3 is 3.07 bits per heavy atom. The summed E-state index contributed by atoms with van der Waals surface area (Å²) >= 11 is 0. The van der Waals surface area contributed by atoms with E-state index < -0.39 is 0 Å². The van der Waals surface area contributed by atoms with Crippen LogP contribution in [0.3, 0.4) is 0 Å². The number of ether oxygens (including phenoxy) is 2. The van der Waals surface area contributed by atoms with Crippen molar-refractivity contribution >= 4 is 5.97 Å². The second-order valence-electron chi connectivity index (χ2n) is 4.00. The van der Waals surface area contributed by atoms with Crippen LogP contribution in [-0.4, -0.2) is 12.6 Å². The zero-order valence-corrected chi connectivity index (χ0v) is 8.58. The fourth-order valence-corrected chi connectivity index (χ4v) is 2.39. The Morgan fingerprint density at radius 1 is 1.33 bits per heavy atom. The van der Waals surface area contributed by atoms with Crippen molar-refractivity contribution in [1.82, 2.24) is 0 Å². The van der Waals surface area contributed by atoms with E-state index in [1.54, 1.807) is 0 Å². The lowest BCUT2D eigenvalue weighted by atomic mass is 9.91. The van der Waals surface area contributed by atoms with Crippen molar-refractivity contribution in [2.24, 2.45) is 0 Å². The third kappa shape index (κ3) is 1.20. The van der Waals surface area contributed by atoms with Gasteiger partial charge in [0.05, 0.1) is 18.3 Å². The summed E-state index contributed by atoms with van der Waals surface area (Å²) in [5, 5.41) is 0. The molecule has 0 amide bonds. The molecular weight excluding hydrogens is 192 g/mol. The third-order valence-corrected chi connectivity index (χ3v) is 3.19. The normalized spacial score (nSPS) is 23.3. The number of fused-ring (bicyclic) bond motifs is 3. The molecule has 1 unspecified atom stereocenters. The maximum Gasteiger partial charge on any atom is 0.338 e. The number of carbonyl (C=O) groups is 1. The SMILES string of the molecule is CC1OCCc2c1ccc1c2COC1=O. The molecule has 2 aliphatic rings. The first-order valence-corrected chi connectivity index (χ1v) is 5.21. The fourth-order valence-electron chi connectivity index (χ4n) is 2.39. The summed E-state index contributed by atoms with van der Waals surface area (Å²) in [5.74, 6) is -0.188. The monoisotopic (exact) mass is 204 g/mol. The van der Waals surface area contributed by atoms with Crippen molar-refractivity contribution in [3.05, 3.63) is 34.4 Å². The molecule has 3 heteroatoms. The van der Waals surface area contributed by atoms with Crippen LogP contribution in [0.4, 0.5) is 0 Å². The van der Waals surface area contributed by atoms with Crippen LogP contribution in [0, 0.1) is 0 Å². The molecule has 0 spiro atoms. The van der Waals surface area contributed by atoms with E-state index in [4.69, 9.17) is 9.47 Å². The Hall–Kier alpha value is -1.35. The van der Waals surface area contributed by atoms with Crippen molar-refractivity contribution in [3.63, 3.8) is 0 Å². The molecule has 0 bridgehead atoms. The average molecular weight is 204 g/mol. The first-order chi connectivity index (χ1) is 7.27. The van der Waals surface area contributed by atoms with Gasteiger partial charge in [-0.05, 0) is 30.5 Å². The zero-order chi connectivity index (χ0) is 10.4. The predicted octanol–water partition coefficient (Wildman–Crippen LogP) is 1.99. The van der Waals surface area contributed by atoms with Gasteiger partial charge in [0, 0.05) is 5.56 Å². The molecule has 1 atom stereocenters. The van der Waals surface area contributed by atoms with E-state index in [-0.39, 0.29) is 12.1 Å². The van der Waals surface area contributed by atoms with E-state index in [9.17, 15) is 4.79 Å². The minimum Gasteiger partial charge on any atom is -0.457 e. The number of cyclic esters (lactones) is 1. The molecule has 0 aromatic heterocycles. The Balaban J connectivity index is 2.20. The highest BCUT2D eigenvalue weighted by Gasteiger charge is 2.28. The van der Waals surface area contributed by atoms with E-state index in [0.29, 0.717) is 6.61 Å². The molecule has 1 aromatic rings. The summed E-state index contributed by atoms with van der Waals surface area (Å²) in [6.07, 6.45) is 1.02. The molecule has 0 fully saturated rings. The summed E-state index contributed by atoms with van der Waals surface area (Å²) in [6.45, 7) is 3.21. The Labute approximate surface area is 88.0 Å². The summed E-state index contributed by atoms with van der Waals surface area (Å²) in [4.78, 5) is 11.4. The maximum absolute atomic E-state index is 11.4. The maximum atomic E-state index is 11.4. The highest BCUT2D eigenvalue weighted by atomic mass is 16.5. The summed E-state index contributed by atoms with van der Waals surface area (Å²) < 4.78 is 10.6. The first-order valence-electron chi connectivity index (χ1n) is 5.21. The molecule has 0 saturated carbocycles. The van der Waals surface area contributed by atoms with Crippen LogP contribution >= 0.6 is 0 Å². The Bertz CT molecular complexity index is 437. The summed E-state index contributed by atoms with van der Waals surface area (Å²) in [7, 11) is 0. The largest absolute Gasteiger partial charge is 0.457 e. The standard InChI is InChI=1S/C12H12O3/c1-7-8-2-3-10-11(6-15-12(10)13)9(8)4-5-14-7/h2-3,7H,4-6H2,1H3. The molecule has 3 rings (SSSR count). The van der Waals surface area contributed by atoms with Gasteiger partial charge < -0.3 is 9.47 Å². The van der Waals surface area contributed by atoms with Gasteiger partial charge in [-0.3, -0.25) is 0 Å². The van der Waals surface area contributed by atoms with Gasteiger partial charge in [0.1, 0.15) is 6.61 Å². The molecule has 0 radical (unpaired) electrons. The first kappa shape index (κ1) is 8.92. The van der Waals surface area contributed by atoms with Gasteiger partial charge in [-0.1, -0.05) is 6.07 Å². The number of benzene rings is 1. The van der Waals surface area contributed by atoms with Crippen LogP contribution in [0.15, 0.2) is 12.1 Å². The van der Waals surface area contributed by atoms with Crippen LogP contribution in [0.1, 0.15) is 40.1 Å². The summed E-state index contributed by atoms with van der Waals surface area (Å²) in [5.41, 5.74) is 4.28. The average Bonchev–Trinajstić information content (AvgIpc) is 2.61. The third-order valence-electron chi connectivity index (χ3n) is 3.19. The lowest BCUT2D eigenvalue weighted by Crippen LogP contribution is -2.16. The van der Waals surface area contributed by atoms with Crippen LogP contribution in [0.25, 0.3) is 0 Å². The van der Waals surface area contributed by atoms with Crippen molar-refractivity contribution in [1.29, 1.82) is 0 Å². The number of hydrogen-bond acceptors (Lipinski definition) is 3. The molecule has 1 aromatic carbocycles. The zero-order valence-electron chi connectivity index (χ0n) is 8.58. The van der Waals surface area contributed by atoms with E-state index in [1.165, 1.54) is 11.1 Å². The van der Waals surface area contributed by atoms with Gasteiger partial charge in [0.15, 0.2) is 0 Å². The van der Waals surface area contributed by atoms with Crippen LogP contribution in [0.2, 0.25) is 0 Å². The molecule has 15 heavy (non-hydrogen) atoms. The van der Waals surface area contributed by atoms with Crippen molar-refractivity contribution in [2.75, 3.05) is 6.61 Å². The predicted molar refractivity (Wildman–Crippen MR) is 53.6 cm³/mol. The van der Waals surface area contributed by atoms with Crippen LogP contribution < -0.4 is 0 Å². The molecule has 2 heterocycles. The number of esters is 1. The van der Waals surface area contributed by atoms with Gasteiger partial charge in [0.25, 0.3) is 0 Å². The van der Waals surface area contributed by atoms with E-state index in [0.717, 1.165) is 24.2 Å². The molecule has 78 valence electrons. The molecule has 3 nitrogen and oxygen atoms in total. The van der Waals surface area contributed by atoms with Gasteiger partial charge >= 0.3 is 5.97 Å². The number of hydrogen-bond donors (Lipinski definition) is 0. The minimum absolute atomic E-state index is 0.134. The molecule has 0 saturated heterocycles. The van der Waals surface area contributed by atoms with Crippen molar-refractivity contribution < 1.29 is 14.3 Å². The number of rotatable bonds is 0. The lowest BCUT2D eigenvalue weighted by molar-refractivity contribution is 0.0523. The van der Waals surface area contributed by atoms with Gasteiger partial charge in [-0.2, -0.15) is 0 Å². The Morgan fingerprint density at radius 2 is 2.20 bits per heavy atom. The van der Waals surface area contributed by atoms with Crippen LogP contribution in [-0.2, 0) is 22.5 Å². The molecule has 2 aliphatic heterocycles. The highest BCUT2D eigenvalue weighted by molar-refractivity contribution is 5.94. The molecule has 0 N–H and O–H groups in total. The molecular formula is C12H12O3. The smallest absolute Gasteiger partial charge is 0.338 e. The van der Waals surface area contributed by atoms with E-state index >= 15 is 0 Å². The second kappa shape index (κ2) is 3.07. The Kier molecular flexibility index (Phi) is 1.83. The number of carbonyl (C=O) groups excluding carboxylic acids is 1.